The first-order chi connectivity index (χ1) is 9.14. The topological polar surface area (TPSA) is 12.0 Å². The van der Waals surface area contributed by atoms with Crippen molar-refractivity contribution >= 4 is 0 Å². The van der Waals surface area contributed by atoms with Crippen LogP contribution in [0.15, 0.2) is 54.6 Å². The van der Waals surface area contributed by atoms with E-state index >= 15 is 0 Å². The van der Waals surface area contributed by atoms with Crippen molar-refractivity contribution in [2.45, 2.75) is 38.3 Å². The van der Waals surface area contributed by atoms with E-state index in [0.717, 1.165) is 12.8 Å². The lowest BCUT2D eigenvalue weighted by atomic mass is 9.82. The summed E-state index contributed by atoms with van der Waals surface area (Å²) in [4.78, 5) is 0. The minimum atomic E-state index is 0.174. The molecular formula is C18H21N. The van der Waals surface area contributed by atoms with Gasteiger partial charge in [0, 0.05) is 11.6 Å². The van der Waals surface area contributed by atoms with Gasteiger partial charge < -0.3 is 5.32 Å². The molecule has 0 saturated carbocycles. The van der Waals surface area contributed by atoms with Gasteiger partial charge in [-0.15, -0.1) is 0 Å². The van der Waals surface area contributed by atoms with Gasteiger partial charge in [0.05, 0.1) is 0 Å². The Balaban J connectivity index is 1.93. The van der Waals surface area contributed by atoms with E-state index in [9.17, 15) is 0 Å². The van der Waals surface area contributed by atoms with Crippen molar-refractivity contribution in [3.8, 4) is 0 Å². The average molecular weight is 251 g/mol. The van der Waals surface area contributed by atoms with Gasteiger partial charge in [0.15, 0.2) is 0 Å². The second-order valence-electron chi connectivity index (χ2n) is 6.15. The molecule has 1 N–H and O–H groups in total. The van der Waals surface area contributed by atoms with Gasteiger partial charge in [-0.2, -0.15) is 0 Å². The maximum atomic E-state index is 3.80. The molecule has 2 aromatic rings. The van der Waals surface area contributed by atoms with Crippen molar-refractivity contribution in [2.75, 3.05) is 0 Å². The average Bonchev–Trinajstić information content (AvgIpc) is 2.38. The largest absolute Gasteiger partial charge is 0.304 e. The zero-order valence-electron chi connectivity index (χ0n) is 11.7. The van der Waals surface area contributed by atoms with Crippen LogP contribution in [0.4, 0.5) is 0 Å². The second-order valence-corrected chi connectivity index (χ2v) is 6.15. The number of fused-ring (bicyclic) bond motifs is 1. The van der Waals surface area contributed by atoms with Crippen LogP contribution in [0.2, 0.25) is 0 Å². The summed E-state index contributed by atoms with van der Waals surface area (Å²) in [5, 5.41) is 3.80. The second kappa shape index (κ2) is 4.82. The predicted octanol–water partition coefficient (Wildman–Crippen LogP) is 3.89. The molecule has 0 amide bonds. The molecule has 1 nitrogen and oxygen atoms in total. The molecule has 0 saturated heterocycles. The molecule has 0 aromatic heterocycles. The highest BCUT2D eigenvalue weighted by atomic mass is 15.0. The first-order valence-corrected chi connectivity index (χ1v) is 7.03. The van der Waals surface area contributed by atoms with Gasteiger partial charge in [-0.1, -0.05) is 54.6 Å². The molecule has 0 fully saturated rings. The van der Waals surface area contributed by atoms with Crippen LogP contribution in [0.1, 0.15) is 36.6 Å². The van der Waals surface area contributed by atoms with Crippen LogP contribution in [-0.4, -0.2) is 5.54 Å². The summed E-state index contributed by atoms with van der Waals surface area (Å²) in [6.07, 6.45) is 2.16. The predicted molar refractivity (Wildman–Crippen MR) is 80.2 cm³/mol. The van der Waals surface area contributed by atoms with Gasteiger partial charge in [0.25, 0.3) is 0 Å². The summed E-state index contributed by atoms with van der Waals surface area (Å²) in [5.74, 6) is 0. The molecule has 1 aliphatic rings. The molecule has 2 aromatic carbocycles. The quantitative estimate of drug-likeness (QED) is 0.853. The summed E-state index contributed by atoms with van der Waals surface area (Å²) in [5.41, 5.74) is 4.53. The molecule has 1 heteroatoms. The van der Waals surface area contributed by atoms with Gasteiger partial charge in [-0.05, 0) is 43.4 Å². The Hall–Kier alpha value is -1.60. The van der Waals surface area contributed by atoms with Crippen LogP contribution in [0.5, 0.6) is 0 Å². The zero-order chi connectivity index (χ0) is 13.3. The van der Waals surface area contributed by atoms with Crippen LogP contribution >= 0.6 is 0 Å². The van der Waals surface area contributed by atoms with Crippen molar-refractivity contribution in [1.82, 2.24) is 5.32 Å². The summed E-state index contributed by atoms with van der Waals surface area (Å²) in [7, 11) is 0. The molecule has 0 aliphatic carbocycles. The number of hydrogen-bond acceptors (Lipinski definition) is 1. The summed E-state index contributed by atoms with van der Waals surface area (Å²) < 4.78 is 0. The van der Waals surface area contributed by atoms with Gasteiger partial charge in [0.2, 0.25) is 0 Å². The Bertz CT molecular complexity index is 557. The Morgan fingerprint density at radius 3 is 2.47 bits per heavy atom. The monoisotopic (exact) mass is 251 g/mol. The fourth-order valence-corrected chi connectivity index (χ4v) is 3.12. The fourth-order valence-electron chi connectivity index (χ4n) is 3.12. The minimum absolute atomic E-state index is 0.174. The molecule has 0 spiro atoms. The van der Waals surface area contributed by atoms with E-state index < -0.39 is 0 Å². The van der Waals surface area contributed by atoms with Crippen molar-refractivity contribution in [1.29, 1.82) is 0 Å². The maximum Gasteiger partial charge on any atom is 0.0368 e. The van der Waals surface area contributed by atoms with Crippen LogP contribution in [0.3, 0.4) is 0 Å². The van der Waals surface area contributed by atoms with Gasteiger partial charge in [-0.25, -0.2) is 0 Å². The van der Waals surface area contributed by atoms with Crippen LogP contribution in [0, 0.1) is 0 Å². The van der Waals surface area contributed by atoms with E-state index in [4.69, 9.17) is 0 Å². The SMILES string of the molecule is CC1(C)Cc2ccccc2C(Cc2ccccc2)N1. The Morgan fingerprint density at radius 2 is 1.68 bits per heavy atom. The molecule has 3 rings (SSSR count). The summed E-state index contributed by atoms with van der Waals surface area (Å²) in [6, 6.07) is 20.0. The van der Waals surface area contributed by atoms with E-state index in [1.54, 1.807) is 0 Å². The third kappa shape index (κ3) is 2.71. The van der Waals surface area contributed by atoms with Crippen molar-refractivity contribution in [3.05, 3.63) is 71.3 Å². The standard InChI is InChI=1S/C18H21N/c1-18(2)13-15-10-6-7-11-16(15)17(19-18)12-14-8-4-3-5-9-14/h3-11,17,19H,12-13H2,1-2H3. The summed E-state index contributed by atoms with van der Waals surface area (Å²) >= 11 is 0. The lowest BCUT2D eigenvalue weighted by Crippen LogP contribution is -2.48. The molecule has 1 unspecified atom stereocenters. The van der Waals surface area contributed by atoms with Crippen LogP contribution in [-0.2, 0) is 12.8 Å². The van der Waals surface area contributed by atoms with E-state index in [2.05, 4.69) is 73.8 Å². The summed E-state index contributed by atoms with van der Waals surface area (Å²) in [6.45, 7) is 4.59. The van der Waals surface area contributed by atoms with Crippen molar-refractivity contribution in [3.63, 3.8) is 0 Å². The Morgan fingerprint density at radius 1 is 1.00 bits per heavy atom. The number of hydrogen-bond donors (Lipinski definition) is 1. The Kier molecular flexibility index (Phi) is 3.16. The maximum absolute atomic E-state index is 3.80. The van der Waals surface area contributed by atoms with E-state index in [1.807, 2.05) is 0 Å². The molecule has 0 radical (unpaired) electrons. The first kappa shape index (κ1) is 12.4. The van der Waals surface area contributed by atoms with Crippen molar-refractivity contribution < 1.29 is 0 Å². The number of rotatable bonds is 2. The minimum Gasteiger partial charge on any atom is -0.304 e. The highest BCUT2D eigenvalue weighted by molar-refractivity contribution is 5.35. The molecular weight excluding hydrogens is 230 g/mol. The molecule has 1 heterocycles. The molecule has 1 aliphatic heterocycles. The van der Waals surface area contributed by atoms with Crippen LogP contribution < -0.4 is 5.32 Å². The van der Waals surface area contributed by atoms with Gasteiger partial charge in [-0.3, -0.25) is 0 Å². The van der Waals surface area contributed by atoms with E-state index in [1.165, 1.54) is 16.7 Å². The highest BCUT2D eigenvalue weighted by Crippen LogP contribution is 2.31. The molecule has 19 heavy (non-hydrogen) atoms. The fraction of sp³-hybridized carbons (Fsp3) is 0.333. The Labute approximate surface area is 115 Å². The molecule has 98 valence electrons. The van der Waals surface area contributed by atoms with Gasteiger partial charge >= 0.3 is 0 Å². The van der Waals surface area contributed by atoms with Gasteiger partial charge in [0.1, 0.15) is 0 Å². The lowest BCUT2D eigenvalue weighted by Gasteiger charge is -2.39. The van der Waals surface area contributed by atoms with E-state index in [0.29, 0.717) is 6.04 Å². The molecule has 0 bridgehead atoms. The van der Waals surface area contributed by atoms with Crippen molar-refractivity contribution in [2.24, 2.45) is 0 Å². The van der Waals surface area contributed by atoms with Crippen LogP contribution in [0.25, 0.3) is 0 Å². The van der Waals surface area contributed by atoms with E-state index in [-0.39, 0.29) is 5.54 Å². The number of nitrogens with one attached hydrogen (secondary N) is 1. The number of benzene rings is 2. The lowest BCUT2D eigenvalue weighted by molar-refractivity contribution is 0.308. The smallest absolute Gasteiger partial charge is 0.0368 e. The zero-order valence-corrected chi connectivity index (χ0v) is 11.7. The normalized spacial score (nSPS) is 20.8. The third-order valence-electron chi connectivity index (χ3n) is 3.91. The highest BCUT2D eigenvalue weighted by Gasteiger charge is 2.30. The third-order valence-corrected chi connectivity index (χ3v) is 3.91. The first-order valence-electron chi connectivity index (χ1n) is 7.03. The molecule has 1 atom stereocenters.